The van der Waals surface area contributed by atoms with Crippen molar-refractivity contribution in [2.45, 2.75) is 38.4 Å². The molecule has 1 N–H and O–H groups in total. The molecule has 24 heavy (non-hydrogen) atoms. The average molecular weight is 318 g/mol. The maximum Gasteiger partial charge on any atom is 0.0662 e. The molecule has 4 nitrogen and oxygen atoms in total. The maximum absolute atomic E-state index is 4.66. The van der Waals surface area contributed by atoms with E-state index in [1.807, 2.05) is 24.5 Å². The Hall–Kier alpha value is -2.46. The molecule has 0 aliphatic heterocycles. The van der Waals surface area contributed by atoms with E-state index in [1.54, 1.807) is 0 Å². The summed E-state index contributed by atoms with van der Waals surface area (Å²) in [6.45, 7) is 1.65. The van der Waals surface area contributed by atoms with Gasteiger partial charge in [-0.3, -0.25) is 9.67 Å². The largest absolute Gasteiger partial charge is 0.304 e. The molecule has 1 atom stereocenters. The lowest BCUT2D eigenvalue weighted by molar-refractivity contribution is 0.447. The SMILES string of the molecule is c1ccc(Cn2ncc3c2CCCC3NCc2ccccn2)cc1. The second-order valence-corrected chi connectivity index (χ2v) is 6.34. The Bertz CT molecular complexity index is 780. The molecule has 1 aromatic carbocycles. The number of aromatic nitrogens is 3. The molecular weight excluding hydrogens is 296 g/mol. The van der Waals surface area contributed by atoms with E-state index in [0.717, 1.165) is 31.6 Å². The fraction of sp³-hybridized carbons (Fsp3) is 0.300. The van der Waals surface area contributed by atoms with Crippen LogP contribution in [0, 0.1) is 0 Å². The summed E-state index contributed by atoms with van der Waals surface area (Å²) >= 11 is 0. The molecule has 0 amide bonds. The van der Waals surface area contributed by atoms with Crippen molar-refractivity contribution in [3.8, 4) is 0 Å². The topological polar surface area (TPSA) is 42.7 Å². The lowest BCUT2D eigenvalue weighted by Crippen LogP contribution is -2.25. The van der Waals surface area contributed by atoms with E-state index in [1.165, 1.54) is 23.2 Å². The van der Waals surface area contributed by atoms with Gasteiger partial charge in [-0.2, -0.15) is 5.10 Å². The van der Waals surface area contributed by atoms with Gasteiger partial charge in [0.25, 0.3) is 0 Å². The Balaban J connectivity index is 1.49. The molecule has 1 aliphatic rings. The third-order valence-corrected chi connectivity index (χ3v) is 4.69. The first-order valence-corrected chi connectivity index (χ1v) is 8.62. The third-order valence-electron chi connectivity index (χ3n) is 4.69. The number of hydrogen-bond donors (Lipinski definition) is 1. The van der Waals surface area contributed by atoms with E-state index >= 15 is 0 Å². The smallest absolute Gasteiger partial charge is 0.0662 e. The minimum Gasteiger partial charge on any atom is -0.304 e. The Kier molecular flexibility index (Phi) is 4.38. The van der Waals surface area contributed by atoms with Gasteiger partial charge < -0.3 is 5.32 Å². The number of fused-ring (bicyclic) bond motifs is 1. The second-order valence-electron chi connectivity index (χ2n) is 6.34. The number of rotatable bonds is 5. The average Bonchev–Trinajstić information content (AvgIpc) is 3.05. The molecule has 2 heterocycles. The van der Waals surface area contributed by atoms with Gasteiger partial charge in [0.15, 0.2) is 0 Å². The van der Waals surface area contributed by atoms with E-state index < -0.39 is 0 Å². The Morgan fingerprint density at radius 1 is 1.08 bits per heavy atom. The summed E-state index contributed by atoms with van der Waals surface area (Å²) in [5, 5.41) is 8.31. The zero-order valence-electron chi connectivity index (χ0n) is 13.7. The predicted molar refractivity (Wildman–Crippen MR) is 94.5 cm³/mol. The zero-order valence-corrected chi connectivity index (χ0v) is 13.7. The summed E-state index contributed by atoms with van der Waals surface area (Å²) in [4.78, 5) is 4.40. The first-order chi connectivity index (χ1) is 11.9. The molecule has 0 saturated carbocycles. The van der Waals surface area contributed by atoms with Crippen LogP contribution in [0.4, 0.5) is 0 Å². The summed E-state index contributed by atoms with van der Waals surface area (Å²) in [7, 11) is 0. The van der Waals surface area contributed by atoms with Gasteiger partial charge in [0, 0.05) is 30.0 Å². The summed E-state index contributed by atoms with van der Waals surface area (Å²) in [6, 6.07) is 17.0. The fourth-order valence-electron chi connectivity index (χ4n) is 3.45. The van der Waals surface area contributed by atoms with E-state index in [4.69, 9.17) is 0 Å². The van der Waals surface area contributed by atoms with Gasteiger partial charge in [-0.25, -0.2) is 0 Å². The van der Waals surface area contributed by atoms with Crippen molar-refractivity contribution in [3.05, 3.63) is 83.4 Å². The monoisotopic (exact) mass is 318 g/mol. The van der Waals surface area contributed by atoms with Crippen LogP contribution in [-0.4, -0.2) is 14.8 Å². The molecule has 1 unspecified atom stereocenters. The minimum atomic E-state index is 0.375. The van der Waals surface area contributed by atoms with Gasteiger partial charge in [-0.05, 0) is 37.0 Å². The molecule has 0 radical (unpaired) electrons. The molecule has 1 aliphatic carbocycles. The molecule has 0 bridgehead atoms. The second kappa shape index (κ2) is 6.97. The van der Waals surface area contributed by atoms with Gasteiger partial charge in [0.2, 0.25) is 0 Å². The lowest BCUT2D eigenvalue weighted by atomic mass is 9.93. The highest BCUT2D eigenvalue weighted by atomic mass is 15.3. The zero-order chi connectivity index (χ0) is 16.2. The van der Waals surface area contributed by atoms with Crippen LogP contribution in [0.2, 0.25) is 0 Å². The van der Waals surface area contributed by atoms with Crippen molar-refractivity contribution in [2.24, 2.45) is 0 Å². The molecule has 0 fully saturated rings. The molecule has 3 aromatic rings. The summed E-state index contributed by atoms with van der Waals surface area (Å²) in [6.07, 6.45) is 7.38. The minimum absolute atomic E-state index is 0.375. The molecule has 0 spiro atoms. The highest BCUT2D eigenvalue weighted by molar-refractivity contribution is 5.26. The first-order valence-electron chi connectivity index (χ1n) is 8.62. The number of benzene rings is 1. The fourth-order valence-corrected chi connectivity index (χ4v) is 3.45. The normalized spacial score (nSPS) is 16.8. The number of pyridine rings is 1. The van der Waals surface area contributed by atoms with E-state index in [-0.39, 0.29) is 0 Å². The predicted octanol–water partition coefficient (Wildman–Crippen LogP) is 3.49. The van der Waals surface area contributed by atoms with Crippen LogP contribution < -0.4 is 5.32 Å². The van der Waals surface area contributed by atoms with Crippen LogP contribution in [0.25, 0.3) is 0 Å². The van der Waals surface area contributed by atoms with Crippen LogP contribution in [0.3, 0.4) is 0 Å². The van der Waals surface area contributed by atoms with Gasteiger partial charge in [-0.1, -0.05) is 36.4 Å². The highest BCUT2D eigenvalue weighted by Crippen LogP contribution is 2.30. The van der Waals surface area contributed by atoms with Crippen molar-refractivity contribution < 1.29 is 0 Å². The van der Waals surface area contributed by atoms with Gasteiger partial charge in [-0.15, -0.1) is 0 Å². The van der Waals surface area contributed by atoms with Crippen molar-refractivity contribution in [1.29, 1.82) is 0 Å². The highest BCUT2D eigenvalue weighted by Gasteiger charge is 2.23. The Morgan fingerprint density at radius 2 is 1.96 bits per heavy atom. The van der Waals surface area contributed by atoms with Crippen molar-refractivity contribution in [1.82, 2.24) is 20.1 Å². The van der Waals surface area contributed by atoms with Gasteiger partial charge in [0.1, 0.15) is 0 Å². The number of nitrogens with one attached hydrogen (secondary N) is 1. The lowest BCUT2D eigenvalue weighted by Gasteiger charge is -2.24. The van der Waals surface area contributed by atoms with E-state index in [9.17, 15) is 0 Å². The summed E-state index contributed by atoms with van der Waals surface area (Å²) in [5.41, 5.74) is 5.12. The summed E-state index contributed by atoms with van der Waals surface area (Å²) in [5.74, 6) is 0. The Labute approximate surface area is 142 Å². The van der Waals surface area contributed by atoms with Crippen molar-refractivity contribution >= 4 is 0 Å². The van der Waals surface area contributed by atoms with E-state index in [0.29, 0.717) is 6.04 Å². The number of hydrogen-bond acceptors (Lipinski definition) is 3. The molecule has 2 aromatic heterocycles. The van der Waals surface area contributed by atoms with Crippen LogP contribution in [0.1, 0.15) is 41.4 Å². The Morgan fingerprint density at radius 3 is 2.79 bits per heavy atom. The number of nitrogens with zero attached hydrogens (tertiary/aromatic N) is 3. The van der Waals surface area contributed by atoms with Gasteiger partial charge >= 0.3 is 0 Å². The van der Waals surface area contributed by atoms with Crippen molar-refractivity contribution in [3.63, 3.8) is 0 Å². The molecule has 4 rings (SSSR count). The van der Waals surface area contributed by atoms with Crippen LogP contribution >= 0.6 is 0 Å². The van der Waals surface area contributed by atoms with Crippen molar-refractivity contribution in [2.75, 3.05) is 0 Å². The summed E-state index contributed by atoms with van der Waals surface area (Å²) < 4.78 is 2.17. The van der Waals surface area contributed by atoms with Crippen LogP contribution in [0.15, 0.2) is 60.9 Å². The quantitative estimate of drug-likeness (QED) is 0.783. The standard InChI is InChI=1S/C20H22N4/c1-2-7-16(8-3-1)15-24-20-11-6-10-19(18(20)14-23-24)22-13-17-9-4-5-12-21-17/h1-5,7-9,12,14,19,22H,6,10-11,13,15H2. The van der Waals surface area contributed by atoms with E-state index in [2.05, 4.69) is 56.5 Å². The molecule has 0 saturated heterocycles. The van der Waals surface area contributed by atoms with Crippen LogP contribution in [0.5, 0.6) is 0 Å². The molecule has 122 valence electrons. The maximum atomic E-state index is 4.66. The molecular formula is C20H22N4. The van der Waals surface area contributed by atoms with Gasteiger partial charge in [0.05, 0.1) is 18.4 Å². The third kappa shape index (κ3) is 3.24. The molecule has 4 heteroatoms. The first kappa shape index (κ1) is 15.1. The van der Waals surface area contributed by atoms with Crippen LogP contribution in [-0.2, 0) is 19.5 Å².